The maximum absolute atomic E-state index is 5.92. The molecule has 1 heterocycles. The van der Waals surface area contributed by atoms with Crippen molar-refractivity contribution >= 4 is 17.5 Å². The second-order valence-electron chi connectivity index (χ2n) is 4.18. The molecule has 2 aromatic rings. The summed E-state index contributed by atoms with van der Waals surface area (Å²) in [6.07, 6.45) is 3.45. The maximum Gasteiger partial charge on any atom is 0.225 e. The van der Waals surface area contributed by atoms with Gasteiger partial charge in [0.25, 0.3) is 0 Å². The third-order valence-corrected chi connectivity index (χ3v) is 3.17. The van der Waals surface area contributed by atoms with Gasteiger partial charge >= 0.3 is 0 Å². The molecule has 1 aromatic carbocycles. The summed E-state index contributed by atoms with van der Waals surface area (Å²) in [6.45, 7) is 0.552. The summed E-state index contributed by atoms with van der Waals surface area (Å²) in [5.41, 5.74) is 1.11. The molecule has 1 aromatic heterocycles. The number of halogens is 1. The Kier molecular flexibility index (Phi) is 4.71. The number of anilines is 1. The Morgan fingerprint density at radius 3 is 2.42 bits per heavy atom. The number of hydrogen-bond acceptors (Lipinski definition) is 4. The molecule has 0 radical (unpaired) electrons. The van der Waals surface area contributed by atoms with E-state index in [0.29, 0.717) is 12.6 Å². The molecule has 0 fully saturated rings. The standard InChI is InChI=1S/C14H16ClN3O/c1-18(14-16-8-3-9-17-14)13(10-19-2)11-4-6-12(15)7-5-11/h3-9,13H,10H2,1-2H3. The average molecular weight is 278 g/mol. The van der Waals surface area contributed by atoms with Crippen LogP contribution in [0, 0.1) is 0 Å². The Bertz CT molecular complexity index is 504. The lowest BCUT2D eigenvalue weighted by molar-refractivity contribution is 0.178. The highest BCUT2D eigenvalue weighted by Gasteiger charge is 2.19. The van der Waals surface area contributed by atoms with E-state index in [4.69, 9.17) is 16.3 Å². The zero-order chi connectivity index (χ0) is 13.7. The fraction of sp³-hybridized carbons (Fsp3) is 0.286. The van der Waals surface area contributed by atoms with E-state index < -0.39 is 0 Å². The van der Waals surface area contributed by atoms with Crippen LogP contribution >= 0.6 is 11.6 Å². The Morgan fingerprint density at radius 1 is 1.21 bits per heavy atom. The number of aromatic nitrogens is 2. The van der Waals surface area contributed by atoms with E-state index in [-0.39, 0.29) is 6.04 Å². The second-order valence-corrected chi connectivity index (χ2v) is 4.62. The Labute approximate surface area is 118 Å². The fourth-order valence-electron chi connectivity index (χ4n) is 1.89. The lowest BCUT2D eigenvalue weighted by atomic mass is 10.1. The first-order valence-electron chi connectivity index (χ1n) is 5.96. The molecule has 100 valence electrons. The lowest BCUT2D eigenvalue weighted by Gasteiger charge is -2.28. The second kappa shape index (κ2) is 6.50. The molecule has 0 bridgehead atoms. The first-order chi connectivity index (χ1) is 9.22. The Balaban J connectivity index is 2.27. The predicted octanol–water partition coefficient (Wildman–Crippen LogP) is 2.95. The van der Waals surface area contributed by atoms with Crippen LogP contribution in [0.3, 0.4) is 0 Å². The monoisotopic (exact) mass is 277 g/mol. The minimum Gasteiger partial charge on any atom is -0.382 e. The molecule has 0 saturated heterocycles. The summed E-state index contributed by atoms with van der Waals surface area (Å²) in [4.78, 5) is 10.5. The van der Waals surface area contributed by atoms with Crippen molar-refractivity contribution in [2.75, 3.05) is 25.7 Å². The number of nitrogens with zero attached hydrogens (tertiary/aromatic N) is 3. The van der Waals surface area contributed by atoms with Gasteiger partial charge in [0, 0.05) is 31.6 Å². The van der Waals surface area contributed by atoms with Crippen molar-refractivity contribution in [3.63, 3.8) is 0 Å². The fourth-order valence-corrected chi connectivity index (χ4v) is 2.01. The highest BCUT2D eigenvalue weighted by Crippen LogP contribution is 2.24. The number of benzene rings is 1. The first kappa shape index (κ1) is 13.8. The molecular formula is C14H16ClN3O. The highest BCUT2D eigenvalue weighted by atomic mass is 35.5. The predicted molar refractivity (Wildman–Crippen MR) is 76.5 cm³/mol. The highest BCUT2D eigenvalue weighted by molar-refractivity contribution is 6.30. The van der Waals surface area contributed by atoms with Crippen LogP contribution in [0.15, 0.2) is 42.7 Å². The van der Waals surface area contributed by atoms with Gasteiger partial charge in [-0.1, -0.05) is 23.7 Å². The smallest absolute Gasteiger partial charge is 0.225 e. The number of rotatable bonds is 5. The molecule has 0 aliphatic carbocycles. The van der Waals surface area contributed by atoms with Gasteiger partial charge in [0.2, 0.25) is 5.95 Å². The van der Waals surface area contributed by atoms with Crippen LogP contribution in [-0.4, -0.2) is 30.7 Å². The molecule has 0 aliphatic rings. The minimum atomic E-state index is 0.0460. The lowest BCUT2D eigenvalue weighted by Crippen LogP contribution is -2.29. The van der Waals surface area contributed by atoms with Gasteiger partial charge in [-0.15, -0.1) is 0 Å². The molecule has 0 N–H and O–H groups in total. The SMILES string of the molecule is COCC(c1ccc(Cl)cc1)N(C)c1ncccn1. The zero-order valence-corrected chi connectivity index (χ0v) is 11.7. The molecule has 0 amide bonds. The van der Waals surface area contributed by atoms with E-state index in [2.05, 4.69) is 9.97 Å². The van der Waals surface area contributed by atoms with Crippen molar-refractivity contribution in [1.29, 1.82) is 0 Å². The summed E-state index contributed by atoms with van der Waals surface area (Å²) in [7, 11) is 3.64. The van der Waals surface area contributed by atoms with Gasteiger partial charge in [0.1, 0.15) is 0 Å². The van der Waals surface area contributed by atoms with Crippen molar-refractivity contribution in [2.45, 2.75) is 6.04 Å². The zero-order valence-electron chi connectivity index (χ0n) is 11.0. The average Bonchev–Trinajstić information content (AvgIpc) is 2.46. The van der Waals surface area contributed by atoms with Crippen LogP contribution < -0.4 is 4.90 Å². The summed E-state index contributed by atoms with van der Waals surface area (Å²) >= 11 is 5.92. The number of methoxy groups -OCH3 is 1. The van der Waals surface area contributed by atoms with Crippen molar-refractivity contribution < 1.29 is 4.74 Å². The quantitative estimate of drug-likeness (QED) is 0.842. The van der Waals surface area contributed by atoms with Crippen molar-refractivity contribution in [2.24, 2.45) is 0 Å². The van der Waals surface area contributed by atoms with Crippen LogP contribution in [-0.2, 0) is 4.74 Å². The van der Waals surface area contributed by atoms with Crippen LogP contribution in [0.5, 0.6) is 0 Å². The topological polar surface area (TPSA) is 38.2 Å². The molecule has 19 heavy (non-hydrogen) atoms. The third kappa shape index (κ3) is 3.43. The van der Waals surface area contributed by atoms with Crippen LogP contribution in [0.25, 0.3) is 0 Å². The van der Waals surface area contributed by atoms with Gasteiger partial charge in [-0.3, -0.25) is 0 Å². The molecule has 4 nitrogen and oxygen atoms in total. The van der Waals surface area contributed by atoms with Crippen LogP contribution in [0.4, 0.5) is 5.95 Å². The van der Waals surface area contributed by atoms with Gasteiger partial charge < -0.3 is 9.64 Å². The van der Waals surface area contributed by atoms with Crippen LogP contribution in [0.2, 0.25) is 5.02 Å². The van der Waals surface area contributed by atoms with Crippen molar-refractivity contribution in [3.05, 3.63) is 53.3 Å². The molecule has 0 saturated carbocycles. The Morgan fingerprint density at radius 2 is 1.84 bits per heavy atom. The van der Waals surface area contributed by atoms with E-state index >= 15 is 0 Å². The number of hydrogen-bond donors (Lipinski definition) is 0. The van der Waals surface area contributed by atoms with Gasteiger partial charge in [0.15, 0.2) is 0 Å². The molecular weight excluding hydrogens is 262 g/mol. The van der Waals surface area contributed by atoms with Gasteiger partial charge in [-0.05, 0) is 23.8 Å². The minimum absolute atomic E-state index is 0.0460. The molecule has 0 spiro atoms. The first-order valence-corrected chi connectivity index (χ1v) is 6.34. The molecule has 0 aliphatic heterocycles. The summed E-state index contributed by atoms with van der Waals surface area (Å²) < 4.78 is 5.30. The summed E-state index contributed by atoms with van der Waals surface area (Å²) in [5, 5.41) is 0.721. The number of ether oxygens (including phenoxy) is 1. The van der Waals surface area contributed by atoms with Crippen molar-refractivity contribution in [3.8, 4) is 0 Å². The van der Waals surface area contributed by atoms with Gasteiger partial charge in [0.05, 0.1) is 12.6 Å². The Hall–Kier alpha value is -1.65. The van der Waals surface area contributed by atoms with Crippen molar-refractivity contribution in [1.82, 2.24) is 9.97 Å². The van der Waals surface area contributed by atoms with Gasteiger partial charge in [-0.2, -0.15) is 0 Å². The normalized spacial score (nSPS) is 12.2. The van der Waals surface area contributed by atoms with E-state index in [1.54, 1.807) is 25.6 Å². The third-order valence-electron chi connectivity index (χ3n) is 2.91. The van der Waals surface area contributed by atoms with E-state index in [9.17, 15) is 0 Å². The molecule has 1 unspecified atom stereocenters. The molecule has 5 heteroatoms. The maximum atomic E-state index is 5.92. The van der Waals surface area contributed by atoms with E-state index in [0.717, 1.165) is 10.6 Å². The summed E-state index contributed by atoms with van der Waals surface area (Å²) in [5.74, 6) is 0.666. The summed E-state index contributed by atoms with van der Waals surface area (Å²) in [6, 6.07) is 9.57. The largest absolute Gasteiger partial charge is 0.382 e. The van der Waals surface area contributed by atoms with Crippen LogP contribution in [0.1, 0.15) is 11.6 Å². The van der Waals surface area contributed by atoms with E-state index in [1.165, 1.54) is 0 Å². The van der Waals surface area contributed by atoms with Gasteiger partial charge in [-0.25, -0.2) is 9.97 Å². The molecule has 2 rings (SSSR count). The number of likely N-dealkylation sites (N-methyl/N-ethyl adjacent to an activating group) is 1. The molecule has 1 atom stereocenters. The van der Waals surface area contributed by atoms with E-state index in [1.807, 2.05) is 36.2 Å².